The van der Waals surface area contributed by atoms with E-state index in [1.807, 2.05) is 12.4 Å². The molecular weight excluding hydrogens is 216 g/mol. The van der Waals surface area contributed by atoms with Crippen LogP contribution >= 0.6 is 0 Å². The van der Waals surface area contributed by atoms with E-state index in [1.54, 1.807) is 0 Å². The number of carbonyl (C=O) groups is 1. The second kappa shape index (κ2) is 7.06. The minimum atomic E-state index is -0.0875. The number of carbonyl (C=O) groups excluding carboxylic acids is 1. The molecule has 0 aliphatic carbocycles. The number of amides is 1. The smallest absolute Gasteiger partial charge is 0.233 e. The third-order valence-corrected chi connectivity index (χ3v) is 2.73. The van der Waals surface area contributed by atoms with Gasteiger partial charge in [-0.1, -0.05) is 20.3 Å². The lowest BCUT2D eigenvalue weighted by Gasteiger charge is -2.09. The number of hydrogen-bond acceptors (Lipinski definition) is 3. The summed E-state index contributed by atoms with van der Waals surface area (Å²) in [5.41, 5.74) is 2.14. The average molecular weight is 238 g/mol. The predicted molar refractivity (Wildman–Crippen MR) is 67.1 cm³/mol. The van der Waals surface area contributed by atoms with Gasteiger partial charge in [-0.3, -0.25) is 10.2 Å². The lowest BCUT2D eigenvalue weighted by molar-refractivity contribution is -0.121. The number of imidazole rings is 1. The third-order valence-electron chi connectivity index (χ3n) is 2.73. The Kier molecular flexibility index (Phi) is 5.69. The number of nitrogens with two attached hydrogens (primary N) is 1. The molecule has 0 saturated carbocycles. The minimum absolute atomic E-state index is 0.0875. The second-order valence-corrected chi connectivity index (χ2v) is 4.51. The van der Waals surface area contributed by atoms with Gasteiger partial charge in [0.05, 0.1) is 0 Å². The second-order valence-electron chi connectivity index (χ2n) is 4.51. The van der Waals surface area contributed by atoms with Gasteiger partial charge in [-0.2, -0.15) is 0 Å². The Morgan fingerprint density at radius 2 is 2.24 bits per heavy atom. The highest BCUT2D eigenvalue weighted by molar-refractivity contribution is 5.74. The number of aromatic nitrogens is 2. The lowest BCUT2D eigenvalue weighted by Crippen LogP contribution is -2.29. The highest BCUT2D eigenvalue weighted by Crippen LogP contribution is 2.13. The molecule has 0 radical (unpaired) electrons. The highest BCUT2D eigenvalue weighted by Gasteiger charge is 2.06. The van der Waals surface area contributed by atoms with Gasteiger partial charge in [0.25, 0.3) is 0 Å². The Hall–Kier alpha value is -1.36. The summed E-state index contributed by atoms with van der Waals surface area (Å²) < 4.78 is 2.19. The van der Waals surface area contributed by atoms with Crippen LogP contribution in [0.5, 0.6) is 0 Å². The molecule has 0 aliphatic heterocycles. The zero-order chi connectivity index (χ0) is 12.7. The van der Waals surface area contributed by atoms with Crippen molar-refractivity contribution in [2.75, 3.05) is 0 Å². The number of unbranched alkanes of at least 4 members (excludes halogenated alkanes) is 2. The number of hydrazine groups is 1. The van der Waals surface area contributed by atoms with E-state index in [9.17, 15) is 4.79 Å². The van der Waals surface area contributed by atoms with Gasteiger partial charge in [0, 0.05) is 31.3 Å². The first-order valence-corrected chi connectivity index (χ1v) is 6.15. The Labute approximate surface area is 102 Å². The first-order chi connectivity index (χ1) is 8.15. The maximum Gasteiger partial charge on any atom is 0.233 e. The van der Waals surface area contributed by atoms with E-state index >= 15 is 0 Å². The summed E-state index contributed by atoms with van der Waals surface area (Å²) in [6.07, 6.45) is 7.35. The summed E-state index contributed by atoms with van der Waals surface area (Å²) in [5.74, 6) is 6.50. The van der Waals surface area contributed by atoms with Gasteiger partial charge in [-0.25, -0.2) is 10.8 Å². The highest BCUT2D eigenvalue weighted by atomic mass is 16.2. The first kappa shape index (κ1) is 13.7. The van der Waals surface area contributed by atoms with E-state index in [0.29, 0.717) is 12.3 Å². The Balaban J connectivity index is 2.22. The Bertz CT molecular complexity index is 346. The summed E-state index contributed by atoms with van der Waals surface area (Å²) in [5, 5.41) is 0. The van der Waals surface area contributed by atoms with E-state index in [-0.39, 0.29) is 5.91 Å². The summed E-state index contributed by atoms with van der Waals surface area (Å²) in [6, 6.07) is 0. The maximum absolute atomic E-state index is 10.9. The number of hydrogen-bond donors (Lipinski definition) is 2. The summed E-state index contributed by atoms with van der Waals surface area (Å²) >= 11 is 0. The van der Waals surface area contributed by atoms with Crippen LogP contribution in [0.25, 0.3) is 0 Å². The molecule has 1 amide bonds. The molecule has 0 unspecified atom stereocenters. The lowest BCUT2D eigenvalue weighted by atomic mass is 10.1. The van der Waals surface area contributed by atoms with Gasteiger partial charge >= 0.3 is 0 Å². The van der Waals surface area contributed by atoms with Gasteiger partial charge in [-0.15, -0.1) is 0 Å². The predicted octanol–water partition coefficient (Wildman–Crippen LogP) is 1.56. The van der Waals surface area contributed by atoms with Gasteiger partial charge in [0.15, 0.2) is 0 Å². The number of aryl methyl sites for hydroxylation is 1. The zero-order valence-electron chi connectivity index (χ0n) is 10.6. The standard InChI is InChI=1S/C12H22N4O/c1-10(2)12-14-7-9-16(12)8-5-3-4-6-11(17)15-13/h7,9-10H,3-6,8,13H2,1-2H3,(H,15,17). The van der Waals surface area contributed by atoms with Gasteiger partial charge < -0.3 is 4.57 Å². The van der Waals surface area contributed by atoms with Crippen LogP contribution in [0.4, 0.5) is 0 Å². The third kappa shape index (κ3) is 4.56. The molecule has 1 rings (SSSR count). The van der Waals surface area contributed by atoms with Crippen LogP contribution < -0.4 is 11.3 Å². The molecule has 0 spiro atoms. The van der Waals surface area contributed by atoms with E-state index in [0.717, 1.165) is 31.6 Å². The van der Waals surface area contributed by atoms with Crippen LogP contribution in [0, 0.1) is 0 Å². The molecule has 5 heteroatoms. The molecular formula is C12H22N4O. The summed E-state index contributed by atoms with van der Waals surface area (Å²) in [7, 11) is 0. The topological polar surface area (TPSA) is 72.9 Å². The zero-order valence-corrected chi connectivity index (χ0v) is 10.6. The van der Waals surface area contributed by atoms with Crippen molar-refractivity contribution >= 4 is 5.91 Å². The van der Waals surface area contributed by atoms with Crippen molar-refractivity contribution in [1.82, 2.24) is 15.0 Å². The van der Waals surface area contributed by atoms with E-state index in [2.05, 4.69) is 28.8 Å². The van der Waals surface area contributed by atoms with Crippen LogP contribution in [0.3, 0.4) is 0 Å². The van der Waals surface area contributed by atoms with Crippen molar-refractivity contribution in [3.8, 4) is 0 Å². The molecule has 0 fully saturated rings. The minimum Gasteiger partial charge on any atom is -0.335 e. The summed E-state index contributed by atoms with van der Waals surface area (Å²) in [6.45, 7) is 5.26. The molecule has 0 atom stereocenters. The van der Waals surface area contributed by atoms with Crippen molar-refractivity contribution in [3.05, 3.63) is 18.2 Å². The molecule has 5 nitrogen and oxygen atoms in total. The molecule has 96 valence electrons. The van der Waals surface area contributed by atoms with E-state index < -0.39 is 0 Å². The molecule has 0 bridgehead atoms. The van der Waals surface area contributed by atoms with Crippen LogP contribution in [-0.2, 0) is 11.3 Å². The monoisotopic (exact) mass is 238 g/mol. The molecule has 0 aliphatic rings. The van der Waals surface area contributed by atoms with Crippen molar-refractivity contribution in [3.63, 3.8) is 0 Å². The van der Waals surface area contributed by atoms with Crippen LogP contribution in [0.1, 0.15) is 51.3 Å². The number of nitrogens with one attached hydrogen (secondary N) is 1. The van der Waals surface area contributed by atoms with Crippen molar-refractivity contribution in [2.24, 2.45) is 5.84 Å². The van der Waals surface area contributed by atoms with Gasteiger partial charge in [-0.05, 0) is 12.8 Å². The Morgan fingerprint density at radius 3 is 2.88 bits per heavy atom. The maximum atomic E-state index is 10.9. The van der Waals surface area contributed by atoms with Gasteiger partial charge in [0.1, 0.15) is 5.82 Å². The fourth-order valence-electron chi connectivity index (χ4n) is 1.83. The van der Waals surface area contributed by atoms with Crippen LogP contribution in [-0.4, -0.2) is 15.5 Å². The molecule has 0 aromatic carbocycles. The largest absolute Gasteiger partial charge is 0.335 e. The van der Waals surface area contributed by atoms with Crippen LogP contribution in [0.2, 0.25) is 0 Å². The Morgan fingerprint density at radius 1 is 1.47 bits per heavy atom. The molecule has 3 N–H and O–H groups in total. The molecule has 1 heterocycles. The van der Waals surface area contributed by atoms with Gasteiger partial charge in [0.2, 0.25) is 5.91 Å². The average Bonchev–Trinajstić information content (AvgIpc) is 2.76. The first-order valence-electron chi connectivity index (χ1n) is 6.15. The van der Waals surface area contributed by atoms with Crippen LogP contribution in [0.15, 0.2) is 12.4 Å². The normalized spacial score (nSPS) is 10.8. The van der Waals surface area contributed by atoms with Crippen molar-refractivity contribution in [2.45, 2.75) is 52.0 Å². The fraction of sp³-hybridized carbons (Fsp3) is 0.667. The van der Waals surface area contributed by atoms with Crippen molar-refractivity contribution in [1.29, 1.82) is 0 Å². The fourth-order valence-corrected chi connectivity index (χ4v) is 1.83. The molecule has 1 aromatic rings. The molecule has 1 aromatic heterocycles. The quantitative estimate of drug-likeness (QED) is 0.328. The molecule has 17 heavy (non-hydrogen) atoms. The van der Waals surface area contributed by atoms with E-state index in [1.165, 1.54) is 0 Å². The van der Waals surface area contributed by atoms with E-state index in [4.69, 9.17) is 5.84 Å². The number of nitrogens with zero attached hydrogens (tertiary/aromatic N) is 2. The summed E-state index contributed by atoms with van der Waals surface area (Å²) in [4.78, 5) is 15.2. The molecule has 0 saturated heterocycles. The SMILES string of the molecule is CC(C)c1nccn1CCCCCC(=O)NN. The van der Waals surface area contributed by atoms with Crippen molar-refractivity contribution < 1.29 is 4.79 Å². The number of rotatable bonds is 7.